The molecule has 9 heteroatoms. The minimum absolute atomic E-state index is 0.0285. The number of nitrogens with zero attached hydrogens (tertiary/aromatic N) is 4. The SMILES string of the molecule is COc1ccc(C2/C(=C(\O)c3c(C)nc4ccccn34)C(=O)C(=O)N2CCCN(C)C)cc1OC. The van der Waals surface area contributed by atoms with Crippen LogP contribution < -0.4 is 9.47 Å². The second kappa shape index (κ2) is 9.79. The van der Waals surface area contributed by atoms with Gasteiger partial charge in [0.05, 0.1) is 31.5 Å². The van der Waals surface area contributed by atoms with Gasteiger partial charge in [-0.25, -0.2) is 4.98 Å². The average Bonchev–Trinajstić information content (AvgIpc) is 3.31. The number of ether oxygens (including phenoxy) is 2. The molecule has 0 radical (unpaired) electrons. The second-order valence-electron chi connectivity index (χ2n) is 8.74. The molecule has 1 aromatic carbocycles. The number of benzene rings is 1. The fourth-order valence-corrected chi connectivity index (χ4v) is 4.56. The zero-order valence-electron chi connectivity index (χ0n) is 20.6. The molecule has 0 saturated carbocycles. The van der Waals surface area contributed by atoms with E-state index in [0.29, 0.717) is 47.1 Å². The number of carbonyl (C=O) groups is 2. The Balaban J connectivity index is 1.91. The number of aromatic nitrogens is 2. The molecule has 1 saturated heterocycles. The number of fused-ring (bicyclic) bond motifs is 1. The topological polar surface area (TPSA) is 96.6 Å². The van der Waals surface area contributed by atoms with Crippen LogP contribution in [-0.4, -0.2) is 77.4 Å². The number of hydrogen-bond acceptors (Lipinski definition) is 7. The van der Waals surface area contributed by atoms with Gasteiger partial charge < -0.3 is 24.4 Å². The molecule has 1 amide bonds. The van der Waals surface area contributed by atoms with E-state index in [1.54, 1.807) is 42.8 Å². The van der Waals surface area contributed by atoms with Crippen molar-refractivity contribution in [3.63, 3.8) is 0 Å². The maximum absolute atomic E-state index is 13.4. The number of rotatable bonds is 8. The Labute approximate surface area is 204 Å². The molecular formula is C26H30N4O5. The molecule has 1 aliphatic rings. The molecule has 1 atom stereocenters. The maximum atomic E-state index is 13.4. The summed E-state index contributed by atoms with van der Waals surface area (Å²) in [6.45, 7) is 2.86. The summed E-state index contributed by atoms with van der Waals surface area (Å²) in [5.74, 6) is -0.628. The van der Waals surface area contributed by atoms with Crippen LogP contribution >= 0.6 is 0 Å². The summed E-state index contributed by atoms with van der Waals surface area (Å²) in [6, 6.07) is 9.94. The van der Waals surface area contributed by atoms with E-state index in [4.69, 9.17) is 9.47 Å². The first-order valence-corrected chi connectivity index (χ1v) is 11.4. The molecule has 0 bridgehead atoms. The van der Waals surface area contributed by atoms with Gasteiger partial charge in [0.2, 0.25) is 0 Å². The third kappa shape index (κ3) is 4.35. The normalized spacial score (nSPS) is 17.5. The molecule has 3 aromatic rings. The summed E-state index contributed by atoms with van der Waals surface area (Å²) in [6.07, 6.45) is 2.43. The van der Waals surface area contributed by atoms with Gasteiger partial charge in [0.25, 0.3) is 11.7 Å². The second-order valence-corrected chi connectivity index (χ2v) is 8.74. The van der Waals surface area contributed by atoms with Crippen LogP contribution in [0.3, 0.4) is 0 Å². The first-order chi connectivity index (χ1) is 16.8. The van der Waals surface area contributed by atoms with Gasteiger partial charge in [-0.05, 0) is 63.8 Å². The highest BCUT2D eigenvalue weighted by atomic mass is 16.5. The Morgan fingerprint density at radius 3 is 2.54 bits per heavy atom. The number of likely N-dealkylation sites (tertiary alicyclic amines) is 1. The monoisotopic (exact) mass is 478 g/mol. The van der Waals surface area contributed by atoms with Gasteiger partial charge in [0.15, 0.2) is 17.3 Å². The van der Waals surface area contributed by atoms with E-state index in [9.17, 15) is 14.7 Å². The van der Waals surface area contributed by atoms with E-state index in [0.717, 1.165) is 6.54 Å². The number of imidazole rings is 1. The Hall–Kier alpha value is -3.85. The van der Waals surface area contributed by atoms with Gasteiger partial charge in [-0.15, -0.1) is 0 Å². The predicted octanol–water partition coefficient (Wildman–Crippen LogP) is 3.03. The molecule has 35 heavy (non-hydrogen) atoms. The number of carbonyl (C=O) groups excluding carboxylic acids is 2. The summed E-state index contributed by atoms with van der Waals surface area (Å²) >= 11 is 0. The standard InChI is InChI=1S/C26H30N4O5/c1-16-22(29-13-7-6-9-20(29)27-16)24(31)21-23(17-10-11-18(34-4)19(15-17)35-5)30(26(33)25(21)32)14-8-12-28(2)3/h6-7,9-11,13,15,23,31H,8,12,14H2,1-5H3/b24-21+. The van der Waals surface area contributed by atoms with Crippen molar-refractivity contribution in [3.8, 4) is 11.5 Å². The van der Waals surface area contributed by atoms with Crippen LogP contribution in [0.5, 0.6) is 11.5 Å². The van der Waals surface area contributed by atoms with E-state index in [-0.39, 0.29) is 11.3 Å². The van der Waals surface area contributed by atoms with Gasteiger partial charge in [0, 0.05) is 12.7 Å². The van der Waals surface area contributed by atoms with E-state index >= 15 is 0 Å². The maximum Gasteiger partial charge on any atom is 0.295 e. The van der Waals surface area contributed by atoms with Crippen LogP contribution in [0.15, 0.2) is 48.2 Å². The van der Waals surface area contributed by atoms with Gasteiger partial charge in [-0.2, -0.15) is 0 Å². The highest BCUT2D eigenvalue weighted by Crippen LogP contribution is 2.42. The van der Waals surface area contributed by atoms with Crippen molar-refractivity contribution >= 4 is 23.1 Å². The van der Waals surface area contributed by atoms with Crippen molar-refractivity contribution in [1.82, 2.24) is 19.2 Å². The summed E-state index contributed by atoms with van der Waals surface area (Å²) < 4.78 is 12.5. The van der Waals surface area contributed by atoms with E-state index < -0.39 is 17.7 Å². The van der Waals surface area contributed by atoms with Crippen molar-refractivity contribution in [2.75, 3.05) is 41.4 Å². The summed E-state index contributed by atoms with van der Waals surface area (Å²) in [4.78, 5) is 34.6. The smallest absolute Gasteiger partial charge is 0.295 e. The number of aliphatic hydroxyl groups excluding tert-OH is 1. The molecule has 9 nitrogen and oxygen atoms in total. The van der Waals surface area contributed by atoms with Gasteiger partial charge in [-0.3, -0.25) is 14.0 Å². The number of aryl methyl sites for hydroxylation is 1. The van der Waals surface area contributed by atoms with E-state index in [1.165, 1.54) is 12.0 Å². The Morgan fingerprint density at radius 1 is 1.11 bits per heavy atom. The number of methoxy groups -OCH3 is 2. The fourth-order valence-electron chi connectivity index (χ4n) is 4.56. The van der Waals surface area contributed by atoms with Crippen molar-refractivity contribution < 1.29 is 24.2 Å². The summed E-state index contributed by atoms with van der Waals surface area (Å²) in [7, 11) is 6.97. The van der Waals surface area contributed by atoms with Gasteiger partial charge >= 0.3 is 0 Å². The molecule has 184 valence electrons. The third-order valence-corrected chi connectivity index (χ3v) is 6.20. The average molecular weight is 479 g/mol. The molecule has 1 fully saturated rings. The predicted molar refractivity (Wildman–Crippen MR) is 132 cm³/mol. The number of amides is 1. The lowest BCUT2D eigenvalue weighted by Gasteiger charge is -2.26. The molecule has 1 N–H and O–H groups in total. The first kappa shape index (κ1) is 24.3. The van der Waals surface area contributed by atoms with Crippen LogP contribution in [0, 0.1) is 6.92 Å². The summed E-state index contributed by atoms with van der Waals surface area (Å²) in [5, 5.41) is 11.5. The highest BCUT2D eigenvalue weighted by molar-refractivity contribution is 6.46. The van der Waals surface area contributed by atoms with E-state index in [2.05, 4.69) is 4.98 Å². The molecule has 1 unspecified atom stereocenters. The minimum atomic E-state index is -0.786. The van der Waals surface area contributed by atoms with Crippen LogP contribution in [0.25, 0.3) is 11.4 Å². The van der Waals surface area contributed by atoms with Crippen LogP contribution in [0.1, 0.15) is 29.4 Å². The first-order valence-electron chi connectivity index (χ1n) is 11.4. The number of ketones is 1. The minimum Gasteiger partial charge on any atom is -0.505 e. The van der Waals surface area contributed by atoms with Crippen LogP contribution in [-0.2, 0) is 9.59 Å². The molecule has 3 heterocycles. The lowest BCUT2D eigenvalue weighted by molar-refractivity contribution is -0.139. The molecule has 0 aliphatic carbocycles. The number of pyridine rings is 1. The molecular weight excluding hydrogens is 448 g/mol. The largest absolute Gasteiger partial charge is 0.505 e. The Kier molecular flexibility index (Phi) is 6.79. The Bertz CT molecular complexity index is 1310. The van der Waals surface area contributed by atoms with Crippen molar-refractivity contribution in [2.24, 2.45) is 0 Å². The fraction of sp³-hybridized carbons (Fsp3) is 0.346. The van der Waals surface area contributed by atoms with Crippen molar-refractivity contribution in [3.05, 3.63) is 65.1 Å². The lowest BCUT2D eigenvalue weighted by atomic mass is 9.95. The highest BCUT2D eigenvalue weighted by Gasteiger charge is 2.46. The lowest BCUT2D eigenvalue weighted by Crippen LogP contribution is -2.32. The van der Waals surface area contributed by atoms with E-state index in [1.807, 2.05) is 37.2 Å². The number of hydrogen-bond donors (Lipinski definition) is 1. The van der Waals surface area contributed by atoms with Crippen LogP contribution in [0.4, 0.5) is 0 Å². The van der Waals surface area contributed by atoms with Crippen molar-refractivity contribution in [2.45, 2.75) is 19.4 Å². The Morgan fingerprint density at radius 2 is 1.86 bits per heavy atom. The molecule has 0 spiro atoms. The summed E-state index contributed by atoms with van der Waals surface area (Å²) in [5.41, 5.74) is 2.24. The number of aliphatic hydroxyl groups is 1. The molecule has 2 aromatic heterocycles. The van der Waals surface area contributed by atoms with Crippen molar-refractivity contribution in [1.29, 1.82) is 0 Å². The van der Waals surface area contributed by atoms with Crippen LogP contribution in [0.2, 0.25) is 0 Å². The quantitative estimate of drug-likeness (QED) is 0.302. The zero-order chi connectivity index (χ0) is 25.3. The van der Waals surface area contributed by atoms with Gasteiger partial charge in [0.1, 0.15) is 11.3 Å². The zero-order valence-corrected chi connectivity index (χ0v) is 20.6. The molecule has 1 aliphatic heterocycles. The number of Topliss-reactive ketones (excluding diaryl/α,β-unsaturated/α-hetero) is 1. The molecule has 4 rings (SSSR count). The van der Waals surface area contributed by atoms with Gasteiger partial charge in [-0.1, -0.05) is 12.1 Å². The third-order valence-electron chi connectivity index (χ3n) is 6.20.